The number of aromatic nitrogens is 2. The van der Waals surface area contributed by atoms with Gasteiger partial charge in [0.05, 0.1) is 10.0 Å². The Balaban J connectivity index is 1.84. The first-order valence-electron chi connectivity index (χ1n) is 6.21. The molecule has 1 aromatic heterocycles. The summed E-state index contributed by atoms with van der Waals surface area (Å²) in [5.74, 6) is 0.832. The van der Waals surface area contributed by atoms with Crippen molar-refractivity contribution in [3.05, 3.63) is 57.1 Å². The molecule has 5 heteroatoms. The summed E-state index contributed by atoms with van der Waals surface area (Å²) in [6.45, 7) is 1.85. The molecule has 0 radical (unpaired) electrons. The fraction of sp³-hybridized carbons (Fsp3) is 0.286. The third kappa shape index (κ3) is 2.89. The highest BCUT2D eigenvalue weighted by atomic mass is 35.5. The van der Waals surface area contributed by atoms with Crippen LogP contribution in [0.1, 0.15) is 22.6 Å². The fourth-order valence-corrected chi connectivity index (χ4v) is 2.52. The summed E-state index contributed by atoms with van der Waals surface area (Å²) in [4.78, 5) is 9.05. The van der Waals surface area contributed by atoms with Crippen molar-refractivity contribution in [3.8, 4) is 0 Å². The average molecular weight is 294 g/mol. The lowest BCUT2D eigenvalue weighted by Crippen LogP contribution is -2.25. The van der Waals surface area contributed by atoms with Gasteiger partial charge in [0.25, 0.3) is 0 Å². The first-order valence-corrected chi connectivity index (χ1v) is 6.96. The molecule has 0 aliphatic carbocycles. The van der Waals surface area contributed by atoms with Crippen molar-refractivity contribution in [2.24, 2.45) is 0 Å². The van der Waals surface area contributed by atoms with E-state index in [2.05, 4.69) is 15.3 Å². The minimum Gasteiger partial charge on any atom is -0.312 e. The molecule has 0 saturated heterocycles. The summed E-state index contributed by atoms with van der Waals surface area (Å²) in [6.07, 6.45) is 3.56. The molecule has 0 atom stereocenters. The molecular weight excluding hydrogens is 281 g/mol. The van der Waals surface area contributed by atoms with Gasteiger partial charge in [-0.2, -0.15) is 0 Å². The Morgan fingerprint density at radius 3 is 2.95 bits per heavy atom. The van der Waals surface area contributed by atoms with Crippen LogP contribution < -0.4 is 5.32 Å². The quantitative estimate of drug-likeness (QED) is 0.925. The summed E-state index contributed by atoms with van der Waals surface area (Å²) < 4.78 is 0. The maximum Gasteiger partial charge on any atom is 0.132 e. The van der Waals surface area contributed by atoms with E-state index in [1.54, 1.807) is 0 Å². The summed E-state index contributed by atoms with van der Waals surface area (Å²) in [6, 6.07) is 5.63. The van der Waals surface area contributed by atoms with E-state index in [-0.39, 0.29) is 0 Å². The van der Waals surface area contributed by atoms with Gasteiger partial charge < -0.3 is 5.32 Å². The highest BCUT2D eigenvalue weighted by Gasteiger charge is 2.11. The van der Waals surface area contributed by atoms with Gasteiger partial charge in [0, 0.05) is 43.4 Å². The monoisotopic (exact) mass is 293 g/mol. The summed E-state index contributed by atoms with van der Waals surface area (Å²) in [5.41, 5.74) is 3.43. The van der Waals surface area contributed by atoms with Crippen LogP contribution in [-0.4, -0.2) is 16.5 Å². The second kappa shape index (κ2) is 5.45. The molecule has 1 aliphatic heterocycles. The van der Waals surface area contributed by atoms with Crippen LogP contribution >= 0.6 is 23.2 Å². The van der Waals surface area contributed by atoms with E-state index in [4.69, 9.17) is 23.2 Å². The minimum atomic E-state index is 0.571. The molecule has 19 heavy (non-hydrogen) atoms. The average Bonchev–Trinajstić information content (AvgIpc) is 2.43. The van der Waals surface area contributed by atoms with E-state index in [9.17, 15) is 0 Å². The summed E-state index contributed by atoms with van der Waals surface area (Å²) in [5, 5.41) is 4.45. The zero-order valence-electron chi connectivity index (χ0n) is 10.3. The third-order valence-corrected chi connectivity index (χ3v) is 3.94. The number of halogens is 2. The van der Waals surface area contributed by atoms with Crippen LogP contribution in [0.25, 0.3) is 0 Å². The lowest BCUT2D eigenvalue weighted by atomic mass is 10.1. The molecule has 1 aliphatic rings. The first kappa shape index (κ1) is 12.9. The highest BCUT2D eigenvalue weighted by molar-refractivity contribution is 6.42. The Hall–Kier alpha value is -1.16. The number of hydrogen-bond donors (Lipinski definition) is 1. The van der Waals surface area contributed by atoms with Crippen molar-refractivity contribution in [2.75, 3.05) is 6.54 Å². The molecule has 2 heterocycles. The molecule has 1 aromatic carbocycles. The van der Waals surface area contributed by atoms with Gasteiger partial charge in [-0.1, -0.05) is 29.3 Å². The van der Waals surface area contributed by atoms with Gasteiger partial charge in [0.1, 0.15) is 5.82 Å². The summed E-state index contributed by atoms with van der Waals surface area (Å²) in [7, 11) is 0. The van der Waals surface area contributed by atoms with Gasteiger partial charge in [-0.3, -0.25) is 0 Å². The fourth-order valence-electron chi connectivity index (χ4n) is 2.19. The Kier molecular flexibility index (Phi) is 3.69. The van der Waals surface area contributed by atoms with Gasteiger partial charge >= 0.3 is 0 Å². The van der Waals surface area contributed by atoms with Crippen LogP contribution in [0.4, 0.5) is 0 Å². The topological polar surface area (TPSA) is 37.8 Å². The maximum atomic E-state index is 6.01. The Bertz CT molecular complexity index is 614. The van der Waals surface area contributed by atoms with Gasteiger partial charge in [-0.05, 0) is 17.7 Å². The molecule has 98 valence electrons. The predicted octanol–water partition coefficient (Wildman–Crippen LogP) is 3.02. The van der Waals surface area contributed by atoms with Crippen LogP contribution in [0.3, 0.4) is 0 Å². The molecule has 0 fully saturated rings. The van der Waals surface area contributed by atoms with E-state index in [0.29, 0.717) is 16.5 Å². The van der Waals surface area contributed by atoms with E-state index in [0.717, 1.165) is 36.6 Å². The molecule has 0 saturated carbocycles. The molecular formula is C14H13Cl2N3. The van der Waals surface area contributed by atoms with Crippen LogP contribution in [-0.2, 0) is 19.4 Å². The Morgan fingerprint density at radius 2 is 2.11 bits per heavy atom. The standard InChI is InChI=1S/C14H13Cl2N3/c15-11-2-1-9(5-12(11)16)6-14-18-8-10-7-17-4-3-13(10)19-14/h1-2,5,8,17H,3-4,6-7H2. The lowest BCUT2D eigenvalue weighted by Gasteiger charge is -2.16. The molecule has 0 unspecified atom stereocenters. The molecule has 0 bridgehead atoms. The largest absolute Gasteiger partial charge is 0.312 e. The number of hydrogen-bond acceptors (Lipinski definition) is 3. The molecule has 0 spiro atoms. The first-order chi connectivity index (χ1) is 9.22. The predicted molar refractivity (Wildman–Crippen MR) is 76.7 cm³/mol. The van der Waals surface area contributed by atoms with Crippen molar-refractivity contribution in [1.29, 1.82) is 0 Å². The van der Waals surface area contributed by atoms with E-state index in [1.165, 1.54) is 5.56 Å². The number of rotatable bonds is 2. The van der Waals surface area contributed by atoms with Gasteiger partial charge in [-0.15, -0.1) is 0 Å². The zero-order valence-corrected chi connectivity index (χ0v) is 11.8. The van der Waals surface area contributed by atoms with Crippen molar-refractivity contribution in [3.63, 3.8) is 0 Å². The van der Waals surface area contributed by atoms with Crippen LogP contribution in [0, 0.1) is 0 Å². The van der Waals surface area contributed by atoms with Gasteiger partial charge in [0.15, 0.2) is 0 Å². The minimum absolute atomic E-state index is 0.571. The molecule has 1 N–H and O–H groups in total. The van der Waals surface area contributed by atoms with Crippen molar-refractivity contribution in [2.45, 2.75) is 19.4 Å². The van der Waals surface area contributed by atoms with Gasteiger partial charge in [-0.25, -0.2) is 9.97 Å². The number of nitrogens with zero attached hydrogens (tertiary/aromatic N) is 2. The second-order valence-electron chi connectivity index (χ2n) is 4.61. The lowest BCUT2D eigenvalue weighted by molar-refractivity contribution is 0.621. The zero-order chi connectivity index (χ0) is 13.2. The maximum absolute atomic E-state index is 6.01. The van der Waals surface area contributed by atoms with E-state index in [1.807, 2.05) is 24.4 Å². The van der Waals surface area contributed by atoms with Crippen LogP contribution in [0.15, 0.2) is 24.4 Å². The molecule has 2 aromatic rings. The summed E-state index contributed by atoms with van der Waals surface area (Å²) >= 11 is 11.9. The molecule has 0 amide bonds. The third-order valence-electron chi connectivity index (χ3n) is 3.20. The van der Waals surface area contributed by atoms with E-state index < -0.39 is 0 Å². The smallest absolute Gasteiger partial charge is 0.132 e. The SMILES string of the molecule is Clc1ccc(Cc2ncc3c(n2)CCNC3)cc1Cl. The van der Waals surface area contributed by atoms with Crippen LogP contribution in [0.5, 0.6) is 0 Å². The second-order valence-corrected chi connectivity index (χ2v) is 5.42. The van der Waals surface area contributed by atoms with E-state index >= 15 is 0 Å². The highest BCUT2D eigenvalue weighted by Crippen LogP contribution is 2.23. The number of nitrogens with one attached hydrogen (secondary N) is 1. The molecule has 3 nitrogen and oxygen atoms in total. The normalized spacial score (nSPS) is 14.2. The van der Waals surface area contributed by atoms with Gasteiger partial charge in [0.2, 0.25) is 0 Å². The number of fused-ring (bicyclic) bond motifs is 1. The Labute approximate surface area is 122 Å². The van der Waals surface area contributed by atoms with Crippen molar-refractivity contribution >= 4 is 23.2 Å². The number of benzene rings is 1. The van der Waals surface area contributed by atoms with Crippen LogP contribution in [0.2, 0.25) is 10.0 Å². The van der Waals surface area contributed by atoms with Crippen molar-refractivity contribution < 1.29 is 0 Å². The van der Waals surface area contributed by atoms with Crippen molar-refractivity contribution in [1.82, 2.24) is 15.3 Å². The molecule has 3 rings (SSSR count). The Morgan fingerprint density at radius 1 is 1.21 bits per heavy atom.